The first-order chi connectivity index (χ1) is 15.1. The van der Waals surface area contributed by atoms with E-state index in [1.165, 1.54) is 0 Å². The van der Waals surface area contributed by atoms with Crippen molar-refractivity contribution in [3.05, 3.63) is 89.8 Å². The molecule has 2 amide bonds. The van der Waals surface area contributed by atoms with Gasteiger partial charge in [-0.1, -0.05) is 30.3 Å². The minimum Gasteiger partial charge on any atom is -0.455 e. The Morgan fingerprint density at radius 2 is 1.74 bits per heavy atom. The Morgan fingerprint density at radius 3 is 2.55 bits per heavy atom. The van der Waals surface area contributed by atoms with Crippen molar-refractivity contribution in [3.8, 4) is 11.5 Å². The number of amides is 2. The third-order valence-corrected chi connectivity index (χ3v) is 5.53. The molecule has 6 nitrogen and oxygen atoms in total. The van der Waals surface area contributed by atoms with E-state index in [-0.39, 0.29) is 0 Å². The highest BCUT2D eigenvalue weighted by Gasteiger charge is 2.22. The molecule has 0 spiro atoms. The van der Waals surface area contributed by atoms with Crippen LogP contribution in [0.1, 0.15) is 10.4 Å². The van der Waals surface area contributed by atoms with Crippen LogP contribution in [0.4, 0.5) is 5.69 Å². The summed E-state index contributed by atoms with van der Waals surface area (Å²) < 4.78 is 6.92. The summed E-state index contributed by atoms with van der Waals surface area (Å²) in [6.45, 7) is -0.542. The highest BCUT2D eigenvalue weighted by atomic mass is 32.1. The van der Waals surface area contributed by atoms with E-state index in [1.807, 2.05) is 35.7 Å². The monoisotopic (exact) mass is 432 g/mol. The van der Waals surface area contributed by atoms with Gasteiger partial charge in [-0.05, 0) is 59.3 Å². The van der Waals surface area contributed by atoms with Crippen LogP contribution in [0.5, 0.6) is 11.5 Å². The first-order valence-corrected chi connectivity index (χ1v) is 10.5. The van der Waals surface area contributed by atoms with Gasteiger partial charge in [0.25, 0.3) is 5.91 Å². The topological polar surface area (TPSA) is 87.7 Å². The summed E-state index contributed by atoms with van der Waals surface area (Å²) in [6, 6.07) is 22.3. The highest BCUT2D eigenvalue weighted by Crippen LogP contribution is 2.29. The van der Waals surface area contributed by atoms with E-state index in [0.717, 1.165) is 10.1 Å². The number of ether oxygens (including phenoxy) is 1. The molecule has 1 heterocycles. The zero-order chi connectivity index (χ0) is 21.6. The van der Waals surface area contributed by atoms with Crippen molar-refractivity contribution in [1.29, 1.82) is 0 Å². The fourth-order valence-corrected chi connectivity index (χ4v) is 3.81. The molecule has 0 unspecified atom stereocenters. The van der Waals surface area contributed by atoms with Crippen molar-refractivity contribution in [1.82, 2.24) is 5.32 Å². The normalized spacial score (nSPS) is 11.6. The number of fused-ring (bicyclic) bond motifs is 1. The molecule has 0 aliphatic rings. The maximum atomic E-state index is 12.7. The summed E-state index contributed by atoms with van der Waals surface area (Å²) >= 11 is 1.59. The van der Waals surface area contributed by atoms with Crippen LogP contribution in [0.15, 0.2) is 84.2 Å². The van der Waals surface area contributed by atoms with Crippen molar-refractivity contribution in [3.63, 3.8) is 0 Å². The number of anilines is 1. The first-order valence-electron chi connectivity index (χ1n) is 9.66. The van der Waals surface area contributed by atoms with Crippen LogP contribution < -0.4 is 15.4 Å². The minimum atomic E-state index is -1.12. The molecule has 0 aliphatic heterocycles. The number of aliphatic hydroxyl groups is 1. The lowest BCUT2D eigenvalue weighted by Crippen LogP contribution is -2.46. The standard InChI is InChI=1S/C24H20N2O4S/c27-15-20(26-23(28)17-10-11-22-16(14-17)12-13-31-22)24(29)25-19-8-4-5-9-21(19)30-18-6-2-1-3-7-18/h1-14,20,27H,15H2,(H,25,29)(H,26,28)/t20-/m0/s1. The van der Waals surface area contributed by atoms with E-state index in [2.05, 4.69) is 10.6 Å². The van der Waals surface area contributed by atoms with Crippen LogP contribution in [-0.4, -0.2) is 29.6 Å². The number of nitrogens with one attached hydrogen (secondary N) is 2. The number of rotatable bonds is 7. The van der Waals surface area contributed by atoms with Gasteiger partial charge in [0.05, 0.1) is 12.3 Å². The van der Waals surface area contributed by atoms with E-state index in [1.54, 1.807) is 59.9 Å². The van der Waals surface area contributed by atoms with E-state index in [9.17, 15) is 14.7 Å². The molecule has 1 aromatic heterocycles. The van der Waals surface area contributed by atoms with Gasteiger partial charge in [-0.3, -0.25) is 9.59 Å². The molecule has 156 valence electrons. The van der Waals surface area contributed by atoms with Crippen molar-refractivity contribution < 1.29 is 19.4 Å². The number of thiophene rings is 1. The number of aliphatic hydroxyl groups excluding tert-OH is 1. The summed E-state index contributed by atoms with van der Waals surface area (Å²) in [5, 5.41) is 17.9. The van der Waals surface area contributed by atoms with Gasteiger partial charge < -0.3 is 20.5 Å². The summed E-state index contributed by atoms with van der Waals surface area (Å²) in [6.07, 6.45) is 0. The maximum absolute atomic E-state index is 12.7. The third kappa shape index (κ3) is 4.91. The molecule has 4 rings (SSSR count). The lowest BCUT2D eigenvalue weighted by atomic mass is 10.1. The first kappa shape index (κ1) is 20.6. The number of hydrogen-bond donors (Lipinski definition) is 3. The van der Waals surface area contributed by atoms with Gasteiger partial charge in [-0.2, -0.15) is 0 Å². The number of hydrogen-bond acceptors (Lipinski definition) is 5. The lowest BCUT2D eigenvalue weighted by molar-refractivity contribution is -0.118. The van der Waals surface area contributed by atoms with Gasteiger partial charge in [0.2, 0.25) is 5.91 Å². The molecule has 7 heteroatoms. The zero-order valence-corrected chi connectivity index (χ0v) is 17.3. The molecule has 31 heavy (non-hydrogen) atoms. The largest absolute Gasteiger partial charge is 0.455 e. The molecule has 1 atom stereocenters. The van der Waals surface area contributed by atoms with Gasteiger partial charge >= 0.3 is 0 Å². The number of benzene rings is 3. The average molecular weight is 433 g/mol. The van der Waals surface area contributed by atoms with Gasteiger partial charge in [-0.25, -0.2) is 0 Å². The highest BCUT2D eigenvalue weighted by molar-refractivity contribution is 7.17. The molecule has 0 aliphatic carbocycles. The predicted octanol–water partition coefficient (Wildman–Crippen LogP) is 4.42. The van der Waals surface area contributed by atoms with Crippen molar-refractivity contribution in [2.45, 2.75) is 6.04 Å². The Bertz CT molecular complexity index is 1210. The van der Waals surface area contributed by atoms with Gasteiger partial charge in [0.15, 0.2) is 5.75 Å². The number of para-hydroxylation sites is 3. The molecule has 0 bridgehead atoms. The van der Waals surface area contributed by atoms with Crippen LogP contribution in [0.2, 0.25) is 0 Å². The van der Waals surface area contributed by atoms with Crippen molar-refractivity contribution in [2.24, 2.45) is 0 Å². The van der Waals surface area contributed by atoms with E-state index in [0.29, 0.717) is 22.7 Å². The summed E-state index contributed by atoms with van der Waals surface area (Å²) in [5.74, 6) is 0.0979. The Kier molecular flexibility index (Phi) is 6.26. The molecule has 3 aromatic carbocycles. The van der Waals surface area contributed by atoms with E-state index < -0.39 is 24.5 Å². The fourth-order valence-electron chi connectivity index (χ4n) is 3.04. The predicted molar refractivity (Wildman–Crippen MR) is 122 cm³/mol. The second-order valence-electron chi connectivity index (χ2n) is 6.78. The summed E-state index contributed by atoms with van der Waals surface area (Å²) in [4.78, 5) is 25.4. The summed E-state index contributed by atoms with van der Waals surface area (Å²) in [5.41, 5.74) is 0.855. The molecular formula is C24H20N2O4S. The Morgan fingerprint density at radius 1 is 0.968 bits per heavy atom. The van der Waals surface area contributed by atoms with Crippen LogP contribution in [-0.2, 0) is 4.79 Å². The zero-order valence-electron chi connectivity index (χ0n) is 16.4. The molecule has 4 aromatic rings. The lowest BCUT2D eigenvalue weighted by Gasteiger charge is -2.18. The van der Waals surface area contributed by atoms with Crippen LogP contribution in [0.3, 0.4) is 0 Å². The van der Waals surface area contributed by atoms with Crippen LogP contribution in [0, 0.1) is 0 Å². The Labute approximate surface area is 183 Å². The molecule has 0 fully saturated rings. The molecule has 0 radical (unpaired) electrons. The van der Waals surface area contributed by atoms with E-state index in [4.69, 9.17) is 4.74 Å². The summed E-state index contributed by atoms with van der Waals surface area (Å²) in [7, 11) is 0. The van der Waals surface area contributed by atoms with Gasteiger partial charge in [0.1, 0.15) is 11.8 Å². The second kappa shape index (κ2) is 9.42. The number of carbonyl (C=O) groups excluding carboxylic acids is 2. The second-order valence-corrected chi connectivity index (χ2v) is 7.73. The molecular weight excluding hydrogens is 412 g/mol. The molecule has 3 N–H and O–H groups in total. The Balaban J connectivity index is 1.46. The smallest absolute Gasteiger partial charge is 0.252 e. The quantitative estimate of drug-likeness (QED) is 0.403. The van der Waals surface area contributed by atoms with Crippen LogP contribution in [0.25, 0.3) is 10.1 Å². The SMILES string of the molecule is O=C(N[C@@H](CO)C(=O)Nc1ccccc1Oc1ccccc1)c1ccc2sccc2c1. The van der Waals surface area contributed by atoms with Crippen molar-refractivity contribution in [2.75, 3.05) is 11.9 Å². The maximum Gasteiger partial charge on any atom is 0.252 e. The third-order valence-electron chi connectivity index (χ3n) is 4.63. The van der Waals surface area contributed by atoms with E-state index >= 15 is 0 Å². The molecule has 0 saturated heterocycles. The van der Waals surface area contributed by atoms with Gasteiger partial charge in [0, 0.05) is 10.3 Å². The number of carbonyl (C=O) groups is 2. The Hall–Kier alpha value is -3.68. The minimum absolute atomic E-state index is 0.421. The average Bonchev–Trinajstić information content (AvgIpc) is 3.27. The fraction of sp³-hybridized carbons (Fsp3) is 0.0833. The van der Waals surface area contributed by atoms with Crippen molar-refractivity contribution >= 4 is 38.9 Å². The van der Waals surface area contributed by atoms with Gasteiger partial charge in [-0.15, -0.1) is 11.3 Å². The molecule has 0 saturated carbocycles. The van der Waals surface area contributed by atoms with Crippen LogP contribution >= 0.6 is 11.3 Å².